The molecule has 17 heavy (non-hydrogen) atoms. The van der Waals surface area contributed by atoms with E-state index in [1.54, 1.807) is 0 Å². The van der Waals surface area contributed by atoms with Crippen LogP contribution in [0, 0.1) is 23.2 Å². The molecule has 2 nitrogen and oxygen atoms in total. The second kappa shape index (κ2) is 5.10. The Balaban J connectivity index is 2.12. The normalized spacial score (nSPS) is 27.8. The molecule has 1 fully saturated rings. The van der Waals surface area contributed by atoms with Crippen LogP contribution in [0.4, 0.5) is 5.69 Å². The van der Waals surface area contributed by atoms with Crippen molar-refractivity contribution in [3.63, 3.8) is 0 Å². The van der Waals surface area contributed by atoms with E-state index >= 15 is 0 Å². The van der Waals surface area contributed by atoms with Crippen molar-refractivity contribution in [1.82, 2.24) is 0 Å². The van der Waals surface area contributed by atoms with Crippen LogP contribution >= 0.6 is 15.9 Å². The molecule has 0 aromatic heterocycles. The van der Waals surface area contributed by atoms with Crippen molar-refractivity contribution in [2.45, 2.75) is 32.7 Å². The third kappa shape index (κ3) is 2.63. The summed E-state index contributed by atoms with van der Waals surface area (Å²) in [5.74, 6) is 1.50. The van der Waals surface area contributed by atoms with E-state index < -0.39 is 0 Å². The highest BCUT2D eigenvalue weighted by atomic mass is 79.9. The molecule has 0 saturated heterocycles. The first-order chi connectivity index (χ1) is 8.11. The number of rotatable bonds is 2. The summed E-state index contributed by atoms with van der Waals surface area (Å²) < 4.78 is 0.975. The van der Waals surface area contributed by atoms with Crippen molar-refractivity contribution in [3.05, 3.63) is 28.2 Å². The fourth-order valence-corrected chi connectivity index (χ4v) is 2.96. The number of anilines is 1. The second-order valence-electron chi connectivity index (χ2n) is 4.97. The van der Waals surface area contributed by atoms with Crippen LogP contribution in [0.1, 0.15) is 32.3 Å². The predicted octanol–water partition coefficient (Wildman–Crippen LogP) is 4.17. The maximum Gasteiger partial charge on any atom is 0.0992 e. The number of hydrogen-bond acceptors (Lipinski definition) is 2. The molecule has 0 aliphatic heterocycles. The van der Waals surface area contributed by atoms with Crippen molar-refractivity contribution in [2.75, 3.05) is 5.32 Å². The van der Waals surface area contributed by atoms with Crippen molar-refractivity contribution >= 4 is 21.6 Å². The van der Waals surface area contributed by atoms with Crippen LogP contribution in [0.3, 0.4) is 0 Å². The molecule has 0 radical (unpaired) electrons. The summed E-state index contributed by atoms with van der Waals surface area (Å²) in [6.07, 6.45) is 2.53. The van der Waals surface area contributed by atoms with Crippen molar-refractivity contribution in [1.29, 1.82) is 5.26 Å². The topological polar surface area (TPSA) is 35.8 Å². The minimum atomic E-state index is 0.550. The number of nitriles is 1. The molecule has 2 rings (SSSR count). The highest BCUT2D eigenvalue weighted by Gasteiger charge is 2.29. The third-order valence-corrected chi connectivity index (χ3v) is 4.56. The Hall–Kier alpha value is -1.01. The maximum absolute atomic E-state index is 8.82. The smallest absolute Gasteiger partial charge is 0.0992 e. The van der Waals surface area contributed by atoms with Crippen molar-refractivity contribution < 1.29 is 0 Å². The second-order valence-corrected chi connectivity index (χ2v) is 5.83. The van der Waals surface area contributed by atoms with Gasteiger partial charge in [0.05, 0.1) is 11.6 Å². The molecule has 1 aliphatic carbocycles. The zero-order valence-electron chi connectivity index (χ0n) is 10.2. The van der Waals surface area contributed by atoms with Gasteiger partial charge < -0.3 is 5.32 Å². The van der Waals surface area contributed by atoms with E-state index in [0.29, 0.717) is 17.5 Å². The van der Waals surface area contributed by atoms with Crippen LogP contribution in [0.15, 0.2) is 22.7 Å². The Morgan fingerprint density at radius 1 is 1.35 bits per heavy atom. The maximum atomic E-state index is 8.82. The van der Waals surface area contributed by atoms with E-state index in [0.717, 1.165) is 16.1 Å². The van der Waals surface area contributed by atoms with Gasteiger partial charge in [-0.3, -0.25) is 0 Å². The average Bonchev–Trinajstić information content (AvgIpc) is 2.63. The summed E-state index contributed by atoms with van der Waals surface area (Å²) in [5.41, 5.74) is 1.78. The van der Waals surface area contributed by atoms with Gasteiger partial charge in [0.15, 0.2) is 0 Å². The average molecular weight is 293 g/mol. The molecule has 90 valence electrons. The zero-order chi connectivity index (χ0) is 12.4. The predicted molar refractivity (Wildman–Crippen MR) is 73.8 cm³/mol. The molecule has 1 aliphatic rings. The van der Waals surface area contributed by atoms with Gasteiger partial charge >= 0.3 is 0 Å². The fraction of sp³-hybridized carbons (Fsp3) is 0.500. The van der Waals surface area contributed by atoms with Crippen LogP contribution in [0.5, 0.6) is 0 Å². The van der Waals surface area contributed by atoms with Crippen LogP contribution in [0.25, 0.3) is 0 Å². The van der Waals surface area contributed by atoms with Gasteiger partial charge in [-0.15, -0.1) is 0 Å². The molecule has 1 aromatic carbocycles. The minimum absolute atomic E-state index is 0.550. The molecule has 1 saturated carbocycles. The Bertz CT molecular complexity index is 450. The monoisotopic (exact) mass is 292 g/mol. The molecule has 3 unspecified atom stereocenters. The SMILES string of the molecule is CC1CCC(Nc2ccc(C#N)cc2Br)C1C. The molecule has 0 spiro atoms. The molecule has 3 heteroatoms. The first-order valence-electron chi connectivity index (χ1n) is 6.08. The minimum Gasteiger partial charge on any atom is -0.381 e. The molecular formula is C14H17BrN2. The molecule has 1 N–H and O–H groups in total. The van der Waals surface area contributed by atoms with Crippen molar-refractivity contribution in [2.24, 2.45) is 11.8 Å². The summed E-state index contributed by atoms with van der Waals surface area (Å²) in [7, 11) is 0. The number of nitrogens with zero attached hydrogens (tertiary/aromatic N) is 1. The Morgan fingerprint density at radius 2 is 2.12 bits per heavy atom. The lowest BCUT2D eigenvalue weighted by Gasteiger charge is -2.21. The number of benzene rings is 1. The van der Waals surface area contributed by atoms with Gasteiger partial charge in [-0.05, 0) is 58.8 Å². The third-order valence-electron chi connectivity index (χ3n) is 3.90. The van der Waals surface area contributed by atoms with Gasteiger partial charge in [0.25, 0.3) is 0 Å². The summed E-state index contributed by atoms with van der Waals surface area (Å²) in [5, 5.41) is 12.4. The Kier molecular flexibility index (Phi) is 3.73. The number of nitrogens with one attached hydrogen (secondary N) is 1. The number of hydrogen-bond donors (Lipinski definition) is 1. The lowest BCUT2D eigenvalue weighted by Crippen LogP contribution is -2.24. The van der Waals surface area contributed by atoms with Gasteiger partial charge in [-0.25, -0.2) is 0 Å². The molecular weight excluding hydrogens is 276 g/mol. The van der Waals surface area contributed by atoms with E-state index in [4.69, 9.17) is 5.26 Å². The van der Waals surface area contributed by atoms with Crippen LogP contribution in [-0.4, -0.2) is 6.04 Å². The Labute approximate surface area is 111 Å². The summed E-state index contributed by atoms with van der Waals surface area (Å²) in [6, 6.07) is 8.41. The molecule has 1 aromatic rings. The Morgan fingerprint density at radius 3 is 2.65 bits per heavy atom. The first kappa shape index (κ1) is 12.4. The van der Waals surface area contributed by atoms with E-state index in [9.17, 15) is 0 Å². The molecule has 0 amide bonds. The standard InChI is InChI=1S/C14H17BrN2/c1-9-3-5-13(10(9)2)17-14-6-4-11(8-16)7-12(14)15/h4,6-7,9-10,13,17H,3,5H2,1-2H3. The van der Waals surface area contributed by atoms with E-state index in [-0.39, 0.29) is 0 Å². The van der Waals surface area contributed by atoms with Gasteiger partial charge in [-0.1, -0.05) is 13.8 Å². The summed E-state index contributed by atoms with van der Waals surface area (Å²) in [4.78, 5) is 0. The summed E-state index contributed by atoms with van der Waals surface area (Å²) >= 11 is 3.52. The van der Waals surface area contributed by atoms with E-state index in [1.165, 1.54) is 12.8 Å². The summed E-state index contributed by atoms with van der Waals surface area (Å²) in [6.45, 7) is 4.63. The highest BCUT2D eigenvalue weighted by molar-refractivity contribution is 9.10. The fourth-order valence-electron chi connectivity index (χ4n) is 2.47. The quantitative estimate of drug-likeness (QED) is 0.888. The van der Waals surface area contributed by atoms with E-state index in [1.807, 2.05) is 18.2 Å². The van der Waals surface area contributed by atoms with Crippen LogP contribution in [-0.2, 0) is 0 Å². The van der Waals surface area contributed by atoms with Crippen LogP contribution in [0.2, 0.25) is 0 Å². The first-order valence-corrected chi connectivity index (χ1v) is 6.87. The van der Waals surface area contributed by atoms with E-state index in [2.05, 4.69) is 41.2 Å². The lowest BCUT2D eigenvalue weighted by atomic mass is 9.97. The zero-order valence-corrected chi connectivity index (χ0v) is 11.8. The molecule has 0 bridgehead atoms. The molecule has 3 atom stereocenters. The van der Waals surface area contributed by atoms with Gasteiger partial charge in [0.2, 0.25) is 0 Å². The lowest BCUT2D eigenvalue weighted by molar-refractivity contribution is 0.435. The highest BCUT2D eigenvalue weighted by Crippen LogP contribution is 2.35. The van der Waals surface area contributed by atoms with Gasteiger partial charge in [-0.2, -0.15) is 5.26 Å². The van der Waals surface area contributed by atoms with Crippen LogP contribution < -0.4 is 5.32 Å². The van der Waals surface area contributed by atoms with Gasteiger partial charge in [0, 0.05) is 16.2 Å². The van der Waals surface area contributed by atoms with Gasteiger partial charge in [0.1, 0.15) is 0 Å². The number of halogens is 1. The molecule has 0 heterocycles. The van der Waals surface area contributed by atoms with Crippen molar-refractivity contribution in [3.8, 4) is 6.07 Å². The largest absolute Gasteiger partial charge is 0.381 e.